The number of aromatic nitrogens is 2. The predicted octanol–water partition coefficient (Wildman–Crippen LogP) is 1.47. The summed E-state index contributed by atoms with van der Waals surface area (Å²) in [7, 11) is 0. The second kappa shape index (κ2) is 6.20. The SMILES string of the molecule is CCCNC(C#N)CCn1ccc(C)n1. The van der Waals surface area contributed by atoms with Gasteiger partial charge in [-0.2, -0.15) is 10.4 Å². The molecule has 4 nitrogen and oxygen atoms in total. The highest BCUT2D eigenvalue weighted by molar-refractivity contribution is 4.95. The lowest BCUT2D eigenvalue weighted by atomic mass is 10.2. The maximum Gasteiger partial charge on any atom is 0.0970 e. The van der Waals surface area contributed by atoms with Crippen LogP contribution in [-0.4, -0.2) is 22.4 Å². The van der Waals surface area contributed by atoms with Crippen molar-refractivity contribution in [3.63, 3.8) is 0 Å². The highest BCUT2D eigenvalue weighted by Crippen LogP contribution is 1.98. The molecule has 0 spiro atoms. The van der Waals surface area contributed by atoms with Gasteiger partial charge in [0.05, 0.1) is 17.8 Å². The van der Waals surface area contributed by atoms with Gasteiger partial charge in [0, 0.05) is 12.7 Å². The van der Waals surface area contributed by atoms with Crippen molar-refractivity contribution in [3.8, 4) is 6.07 Å². The van der Waals surface area contributed by atoms with Crippen molar-refractivity contribution in [2.24, 2.45) is 0 Å². The molecule has 4 heteroatoms. The second-order valence-electron chi connectivity index (χ2n) is 3.64. The summed E-state index contributed by atoms with van der Waals surface area (Å²) in [5.74, 6) is 0. The Bertz CT molecular complexity index is 324. The summed E-state index contributed by atoms with van der Waals surface area (Å²) < 4.78 is 1.88. The largest absolute Gasteiger partial charge is 0.302 e. The highest BCUT2D eigenvalue weighted by atomic mass is 15.3. The normalized spacial score (nSPS) is 12.3. The molecular weight excluding hydrogens is 188 g/mol. The molecule has 1 aromatic heterocycles. The van der Waals surface area contributed by atoms with Gasteiger partial charge in [-0.05, 0) is 32.4 Å². The molecule has 0 radical (unpaired) electrons. The van der Waals surface area contributed by atoms with Gasteiger partial charge >= 0.3 is 0 Å². The lowest BCUT2D eigenvalue weighted by molar-refractivity contribution is 0.491. The van der Waals surface area contributed by atoms with E-state index in [1.54, 1.807) is 0 Å². The first-order valence-corrected chi connectivity index (χ1v) is 5.39. The molecular formula is C11H18N4. The first-order chi connectivity index (χ1) is 7.26. The van der Waals surface area contributed by atoms with E-state index >= 15 is 0 Å². The first-order valence-electron chi connectivity index (χ1n) is 5.39. The standard InChI is InChI=1S/C11H18N4/c1-3-6-13-11(9-12)5-8-15-7-4-10(2)14-15/h4,7,11,13H,3,5-6,8H2,1-2H3. The van der Waals surface area contributed by atoms with Crippen molar-refractivity contribution in [2.45, 2.75) is 39.3 Å². The molecule has 1 N–H and O–H groups in total. The molecule has 0 bridgehead atoms. The van der Waals surface area contributed by atoms with Gasteiger partial charge in [-0.3, -0.25) is 4.68 Å². The van der Waals surface area contributed by atoms with E-state index in [2.05, 4.69) is 23.4 Å². The van der Waals surface area contributed by atoms with E-state index in [9.17, 15) is 0 Å². The zero-order chi connectivity index (χ0) is 11.1. The van der Waals surface area contributed by atoms with Gasteiger partial charge in [0.2, 0.25) is 0 Å². The maximum atomic E-state index is 8.89. The molecule has 0 amide bonds. The molecule has 0 saturated heterocycles. The van der Waals surface area contributed by atoms with Crippen molar-refractivity contribution in [1.82, 2.24) is 15.1 Å². The molecule has 1 aromatic rings. The third-order valence-corrected chi connectivity index (χ3v) is 2.22. The smallest absolute Gasteiger partial charge is 0.0970 e. The van der Waals surface area contributed by atoms with Crippen LogP contribution in [0.25, 0.3) is 0 Å². The molecule has 1 rings (SSSR count). The van der Waals surface area contributed by atoms with Crippen LogP contribution in [0.5, 0.6) is 0 Å². The van der Waals surface area contributed by atoms with Crippen LogP contribution in [0.3, 0.4) is 0 Å². The molecule has 82 valence electrons. The molecule has 1 heterocycles. The van der Waals surface area contributed by atoms with Crippen molar-refractivity contribution in [2.75, 3.05) is 6.54 Å². The molecule has 15 heavy (non-hydrogen) atoms. The van der Waals surface area contributed by atoms with Crippen LogP contribution in [0.1, 0.15) is 25.5 Å². The van der Waals surface area contributed by atoms with E-state index in [4.69, 9.17) is 5.26 Å². The predicted molar refractivity (Wildman–Crippen MR) is 59.3 cm³/mol. The van der Waals surface area contributed by atoms with E-state index in [0.717, 1.165) is 31.6 Å². The summed E-state index contributed by atoms with van der Waals surface area (Å²) in [6.07, 6.45) is 3.81. The van der Waals surface area contributed by atoms with Crippen LogP contribution in [0.2, 0.25) is 0 Å². The zero-order valence-electron chi connectivity index (χ0n) is 9.40. The van der Waals surface area contributed by atoms with Gasteiger partial charge in [0.15, 0.2) is 0 Å². The highest BCUT2D eigenvalue weighted by Gasteiger charge is 2.05. The molecule has 0 fully saturated rings. The average Bonchev–Trinajstić information content (AvgIpc) is 2.65. The Labute approximate surface area is 90.9 Å². The van der Waals surface area contributed by atoms with Crippen LogP contribution in [0.15, 0.2) is 12.3 Å². The lowest BCUT2D eigenvalue weighted by Crippen LogP contribution is -2.29. The Morgan fingerprint density at radius 1 is 1.67 bits per heavy atom. The summed E-state index contributed by atoms with van der Waals surface area (Å²) in [6.45, 7) is 5.76. The van der Waals surface area contributed by atoms with Gasteiger partial charge in [0.25, 0.3) is 0 Å². The number of hydrogen-bond donors (Lipinski definition) is 1. The molecule has 0 saturated carbocycles. The molecule has 1 atom stereocenters. The summed E-state index contributed by atoms with van der Waals surface area (Å²) in [5.41, 5.74) is 1.02. The van der Waals surface area contributed by atoms with E-state index in [1.165, 1.54) is 0 Å². The Kier molecular flexibility index (Phi) is 4.85. The van der Waals surface area contributed by atoms with Crippen molar-refractivity contribution >= 4 is 0 Å². The number of nitrogens with zero attached hydrogens (tertiary/aromatic N) is 3. The number of nitrogens with one attached hydrogen (secondary N) is 1. The third kappa shape index (κ3) is 4.13. The van der Waals surface area contributed by atoms with Crippen molar-refractivity contribution < 1.29 is 0 Å². The Morgan fingerprint density at radius 2 is 2.47 bits per heavy atom. The minimum atomic E-state index is -0.0607. The quantitative estimate of drug-likeness (QED) is 0.767. The van der Waals surface area contributed by atoms with Gasteiger partial charge < -0.3 is 5.32 Å². The number of aryl methyl sites for hydroxylation is 2. The second-order valence-corrected chi connectivity index (χ2v) is 3.64. The Balaban J connectivity index is 2.31. The molecule has 0 aromatic carbocycles. The van der Waals surface area contributed by atoms with Gasteiger partial charge in [-0.15, -0.1) is 0 Å². The molecule has 0 aliphatic carbocycles. The van der Waals surface area contributed by atoms with E-state index in [1.807, 2.05) is 23.9 Å². The molecule has 0 aliphatic heterocycles. The fraction of sp³-hybridized carbons (Fsp3) is 0.636. The van der Waals surface area contributed by atoms with Crippen LogP contribution < -0.4 is 5.32 Å². The monoisotopic (exact) mass is 206 g/mol. The maximum absolute atomic E-state index is 8.89. The Hall–Kier alpha value is -1.34. The summed E-state index contributed by atoms with van der Waals surface area (Å²) in [5, 5.41) is 16.4. The molecule has 0 aliphatic rings. The average molecular weight is 206 g/mol. The van der Waals surface area contributed by atoms with E-state index < -0.39 is 0 Å². The summed E-state index contributed by atoms with van der Waals surface area (Å²) in [4.78, 5) is 0. The molecule has 1 unspecified atom stereocenters. The van der Waals surface area contributed by atoms with Crippen LogP contribution >= 0.6 is 0 Å². The lowest BCUT2D eigenvalue weighted by Gasteiger charge is -2.10. The minimum absolute atomic E-state index is 0.0607. The van der Waals surface area contributed by atoms with Crippen molar-refractivity contribution in [1.29, 1.82) is 5.26 Å². The fourth-order valence-corrected chi connectivity index (χ4v) is 1.38. The van der Waals surface area contributed by atoms with E-state index in [-0.39, 0.29) is 6.04 Å². The number of rotatable bonds is 6. The minimum Gasteiger partial charge on any atom is -0.302 e. The van der Waals surface area contributed by atoms with Crippen LogP contribution in [-0.2, 0) is 6.54 Å². The first kappa shape index (κ1) is 11.7. The third-order valence-electron chi connectivity index (χ3n) is 2.22. The Morgan fingerprint density at radius 3 is 3.00 bits per heavy atom. The number of hydrogen-bond acceptors (Lipinski definition) is 3. The zero-order valence-corrected chi connectivity index (χ0v) is 9.40. The summed E-state index contributed by atoms with van der Waals surface area (Å²) >= 11 is 0. The van der Waals surface area contributed by atoms with Gasteiger partial charge in [-0.25, -0.2) is 0 Å². The topological polar surface area (TPSA) is 53.6 Å². The van der Waals surface area contributed by atoms with Crippen LogP contribution in [0, 0.1) is 18.3 Å². The van der Waals surface area contributed by atoms with Crippen molar-refractivity contribution in [3.05, 3.63) is 18.0 Å². The fourth-order valence-electron chi connectivity index (χ4n) is 1.38. The van der Waals surface area contributed by atoms with Crippen LogP contribution in [0.4, 0.5) is 0 Å². The van der Waals surface area contributed by atoms with Gasteiger partial charge in [-0.1, -0.05) is 6.92 Å². The number of nitriles is 1. The summed E-state index contributed by atoms with van der Waals surface area (Å²) in [6, 6.07) is 4.17. The van der Waals surface area contributed by atoms with E-state index in [0.29, 0.717) is 0 Å². The van der Waals surface area contributed by atoms with Gasteiger partial charge in [0.1, 0.15) is 0 Å².